The number of sulfonamides is 1. The van der Waals surface area contributed by atoms with E-state index in [2.05, 4.69) is 26.8 Å². The lowest BCUT2D eigenvalue weighted by molar-refractivity contribution is -0.190. The molecule has 3 heterocycles. The molecule has 0 spiro atoms. The van der Waals surface area contributed by atoms with E-state index in [4.69, 9.17) is 11.6 Å². The van der Waals surface area contributed by atoms with Gasteiger partial charge in [-0.15, -0.1) is 0 Å². The first-order chi connectivity index (χ1) is 16.3. The Morgan fingerprint density at radius 1 is 1.31 bits per heavy atom. The fraction of sp³-hybridized carbons (Fsp3) is 0.350. The highest BCUT2D eigenvalue weighted by atomic mass is 35.5. The third-order valence-electron chi connectivity index (χ3n) is 5.15. The monoisotopic (exact) mass is 532 g/mol. The largest absolute Gasteiger partial charge is 0.406 e. The second-order valence-electron chi connectivity index (χ2n) is 7.61. The number of amides is 2. The number of hydrogen-bond donors (Lipinski definition) is 1. The first kappa shape index (κ1) is 26.5. The number of alkyl halides is 3. The zero-order valence-corrected chi connectivity index (χ0v) is 19.8. The van der Waals surface area contributed by atoms with Crippen molar-refractivity contribution >= 4 is 33.4 Å². The number of piperazine rings is 1. The van der Waals surface area contributed by atoms with Crippen molar-refractivity contribution in [3.8, 4) is 0 Å². The first-order valence-corrected chi connectivity index (χ1v) is 12.2. The van der Waals surface area contributed by atoms with Crippen LogP contribution in [0.3, 0.4) is 0 Å². The molecule has 2 aromatic heterocycles. The Labute approximate surface area is 203 Å². The third kappa shape index (κ3) is 6.32. The molecule has 1 saturated heterocycles. The summed E-state index contributed by atoms with van der Waals surface area (Å²) in [7, 11) is -4.40. The molecule has 1 fully saturated rings. The van der Waals surface area contributed by atoms with Gasteiger partial charge in [0.1, 0.15) is 23.2 Å². The summed E-state index contributed by atoms with van der Waals surface area (Å²) in [5.41, 5.74) is 0.293. The van der Waals surface area contributed by atoms with Gasteiger partial charge in [-0.1, -0.05) is 18.2 Å². The summed E-state index contributed by atoms with van der Waals surface area (Å²) in [4.78, 5) is 36.9. The second-order valence-corrected chi connectivity index (χ2v) is 9.88. The lowest BCUT2D eigenvalue weighted by Crippen LogP contribution is -2.62. The van der Waals surface area contributed by atoms with E-state index in [-0.39, 0.29) is 35.2 Å². The van der Waals surface area contributed by atoms with E-state index < -0.39 is 46.6 Å². The van der Waals surface area contributed by atoms with Crippen molar-refractivity contribution in [1.82, 2.24) is 29.5 Å². The number of pyridine rings is 1. The molecule has 0 unspecified atom stereocenters. The Bertz CT molecular complexity index is 1230. The Morgan fingerprint density at radius 3 is 2.60 bits per heavy atom. The Balaban J connectivity index is 1.99. The van der Waals surface area contributed by atoms with E-state index >= 15 is 0 Å². The van der Waals surface area contributed by atoms with Gasteiger partial charge in [-0.2, -0.15) is 17.5 Å². The number of nitrogens with one attached hydrogen (secondary N) is 1. The number of carbonyl (C=O) groups excluding carboxylic acids is 2. The van der Waals surface area contributed by atoms with Crippen molar-refractivity contribution in [2.24, 2.45) is 0 Å². The Kier molecular flexibility index (Phi) is 7.77. The van der Waals surface area contributed by atoms with Gasteiger partial charge in [-0.25, -0.2) is 23.4 Å². The van der Waals surface area contributed by atoms with Crippen LogP contribution in [0.1, 0.15) is 27.8 Å². The predicted octanol–water partition coefficient (Wildman–Crippen LogP) is 1.72. The molecule has 0 saturated carbocycles. The molecule has 15 heteroatoms. The molecular weight excluding hydrogens is 513 g/mol. The van der Waals surface area contributed by atoms with Crippen LogP contribution < -0.4 is 5.32 Å². The number of aromatic nitrogens is 3. The van der Waals surface area contributed by atoms with E-state index in [0.29, 0.717) is 10.6 Å². The Morgan fingerprint density at radius 2 is 2.03 bits per heavy atom. The van der Waals surface area contributed by atoms with Crippen LogP contribution in [-0.2, 0) is 21.4 Å². The van der Waals surface area contributed by atoms with E-state index in [1.165, 1.54) is 30.7 Å². The van der Waals surface area contributed by atoms with Crippen molar-refractivity contribution in [1.29, 1.82) is 0 Å². The van der Waals surface area contributed by atoms with Crippen LogP contribution in [0.15, 0.2) is 43.4 Å². The molecule has 0 radical (unpaired) electrons. The smallest absolute Gasteiger partial charge is 0.345 e. The van der Waals surface area contributed by atoms with Crippen LogP contribution in [0.25, 0.3) is 0 Å². The lowest BCUT2D eigenvalue weighted by atomic mass is 10.0. The summed E-state index contributed by atoms with van der Waals surface area (Å²) in [6.45, 7) is 1.85. The molecule has 0 aliphatic carbocycles. The van der Waals surface area contributed by atoms with Gasteiger partial charge in [-0.3, -0.25) is 9.59 Å². The van der Waals surface area contributed by atoms with Crippen LogP contribution in [-0.4, -0.2) is 76.0 Å². The molecule has 2 atom stereocenters. The normalized spacial score (nSPS) is 19.3. The summed E-state index contributed by atoms with van der Waals surface area (Å²) in [5, 5.41) is 2.40. The summed E-state index contributed by atoms with van der Waals surface area (Å²) >= 11 is 6.08. The van der Waals surface area contributed by atoms with Gasteiger partial charge in [0.05, 0.1) is 24.5 Å². The fourth-order valence-electron chi connectivity index (χ4n) is 3.68. The van der Waals surface area contributed by atoms with E-state index in [9.17, 15) is 31.2 Å². The molecule has 2 amide bonds. The zero-order chi connectivity index (χ0) is 26.0. The van der Waals surface area contributed by atoms with Crippen molar-refractivity contribution in [2.75, 3.05) is 19.3 Å². The van der Waals surface area contributed by atoms with Crippen molar-refractivity contribution in [3.05, 3.63) is 65.5 Å². The maximum absolute atomic E-state index is 13.9. The van der Waals surface area contributed by atoms with E-state index in [1.54, 1.807) is 0 Å². The van der Waals surface area contributed by atoms with Crippen LogP contribution in [0.4, 0.5) is 13.2 Å². The third-order valence-corrected chi connectivity index (χ3v) is 6.62. The molecule has 2 aromatic rings. The molecule has 10 nitrogen and oxygen atoms in total. The van der Waals surface area contributed by atoms with Crippen LogP contribution in [0, 0.1) is 0 Å². The number of halogens is 4. The van der Waals surface area contributed by atoms with Crippen LogP contribution in [0.5, 0.6) is 0 Å². The van der Waals surface area contributed by atoms with Gasteiger partial charge in [0, 0.05) is 19.3 Å². The average Bonchev–Trinajstić information content (AvgIpc) is 2.80. The van der Waals surface area contributed by atoms with Crippen molar-refractivity contribution in [3.63, 3.8) is 0 Å². The number of hydrogen-bond acceptors (Lipinski definition) is 7. The van der Waals surface area contributed by atoms with E-state index in [1.807, 2.05) is 0 Å². The average molecular weight is 533 g/mol. The van der Waals surface area contributed by atoms with Crippen molar-refractivity contribution in [2.45, 2.75) is 24.8 Å². The summed E-state index contributed by atoms with van der Waals surface area (Å²) in [5.74, 6) is -1.35. The summed E-state index contributed by atoms with van der Waals surface area (Å²) in [6, 6.07) is -0.000413. The van der Waals surface area contributed by atoms with Gasteiger partial charge >= 0.3 is 6.18 Å². The molecule has 1 N–H and O–H groups in total. The van der Waals surface area contributed by atoms with Crippen LogP contribution >= 0.6 is 11.6 Å². The minimum absolute atomic E-state index is 0.0672. The maximum atomic E-state index is 13.9. The van der Waals surface area contributed by atoms with Gasteiger partial charge in [0.15, 0.2) is 0 Å². The topological polar surface area (TPSA) is 125 Å². The molecule has 0 aromatic carbocycles. The highest BCUT2D eigenvalue weighted by molar-refractivity contribution is 7.88. The number of rotatable bonds is 6. The second kappa shape index (κ2) is 10.3. The summed E-state index contributed by atoms with van der Waals surface area (Å²) < 4.78 is 67.1. The number of nitrogens with zero attached hydrogens (tertiary/aromatic N) is 5. The fourth-order valence-corrected chi connectivity index (χ4v) is 5.22. The predicted molar refractivity (Wildman–Crippen MR) is 118 cm³/mol. The molecule has 3 rings (SSSR count). The minimum atomic E-state index is -4.97. The van der Waals surface area contributed by atoms with Crippen molar-refractivity contribution < 1.29 is 31.2 Å². The SMILES string of the molecule is C=CC(=O)N1C[C@@H](C(F)(F)F)N(S(C)(=O)=O)[C@H](c2cc(Cl)nc(CNC(=O)c3ccncn3)c2)C1. The maximum Gasteiger partial charge on any atom is 0.406 e. The molecular formula is C20H20ClF3N6O4S. The Hall–Kier alpha value is -3.10. The standard InChI is InChI=1S/C20H20ClF3N6O4S/c1-3-18(31)29-9-15(30(35(2,33)34)16(10-29)20(22,23)24)12-6-13(28-17(21)7-12)8-26-19(32)14-4-5-25-11-27-14/h3-7,11,15-16H,1,8-10H2,2H3,(H,26,32)/t15-,16-/m0/s1. The quantitative estimate of drug-likeness (QED) is 0.443. The zero-order valence-electron chi connectivity index (χ0n) is 18.2. The van der Waals surface area contributed by atoms with Gasteiger partial charge in [0.2, 0.25) is 15.9 Å². The first-order valence-electron chi connectivity index (χ1n) is 9.98. The van der Waals surface area contributed by atoms with Gasteiger partial charge in [-0.05, 0) is 29.8 Å². The molecule has 35 heavy (non-hydrogen) atoms. The molecule has 0 bridgehead atoms. The van der Waals surface area contributed by atoms with E-state index in [0.717, 1.165) is 11.0 Å². The summed E-state index contributed by atoms with van der Waals surface area (Å²) in [6.07, 6.45) is -0.898. The number of carbonyl (C=O) groups is 2. The molecule has 1 aliphatic rings. The lowest BCUT2D eigenvalue weighted by Gasteiger charge is -2.45. The molecule has 1 aliphatic heterocycles. The van der Waals surface area contributed by atoms with Gasteiger partial charge in [0.25, 0.3) is 5.91 Å². The highest BCUT2D eigenvalue weighted by Crippen LogP contribution is 2.38. The minimum Gasteiger partial charge on any atom is -0.345 e. The van der Waals surface area contributed by atoms with Crippen LogP contribution in [0.2, 0.25) is 5.15 Å². The highest BCUT2D eigenvalue weighted by Gasteiger charge is 2.54. The van der Waals surface area contributed by atoms with Gasteiger partial charge < -0.3 is 10.2 Å². The molecule has 188 valence electrons.